The molecule has 0 aromatic carbocycles. The number of aromatic nitrogens is 2. The van der Waals surface area contributed by atoms with E-state index in [0.29, 0.717) is 4.90 Å². The third-order valence-corrected chi connectivity index (χ3v) is 1.51. The Balaban J connectivity index is 2.58. The zero-order valence-electron chi connectivity index (χ0n) is 12.7. The molecule has 0 radical (unpaired) electrons. The number of β-amino-alcohol motifs (C(OH)–C–C–N with tert-alkyl or cyclic N) is 1. The summed E-state index contributed by atoms with van der Waals surface area (Å²) in [6.45, 7) is -5.58. The second kappa shape index (κ2) is 2.99. The molecule has 0 bridgehead atoms. The lowest BCUT2D eigenvalue weighted by Gasteiger charge is -2.36. The van der Waals surface area contributed by atoms with Crippen molar-refractivity contribution in [3.63, 3.8) is 0 Å². The van der Waals surface area contributed by atoms with Gasteiger partial charge in [-0.05, 0) is 15.9 Å². The first-order chi connectivity index (χ1) is 8.44. The van der Waals surface area contributed by atoms with Crippen molar-refractivity contribution in [3.05, 3.63) is 16.9 Å². The van der Waals surface area contributed by atoms with Gasteiger partial charge in [0, 0.05) is 13.0 Å². The van der Waals surface area contributed by atoms with Crippen molar-refractivity contribution in [2.24, 2.45) is 0 Å². The van der Waals surface area contributed by atoms with Crippen LogP contribution in [0.5, 0.6) is 0 Å². The van der Waals surface area contributed by atoms with E-state index in [0.717, 1.165) is 0 Å². The highest BCUT2D eigenvalue weighted by atomic mass is 79.9. The van der Waals surface area contributed by atoms with Gasteiger partial charge in [-0.25, -0.2) is 9.97 Å². The van der Waals surface area contributed by atoms with Crippen LogP contribution in [0.2, 0.25) is 0 Å². The first-order valence-electron chi connectivity index (χ1n) is 6.48. The third kappa shape index (κ3) is 1.42. The molecule has 2 rings (SSSR count). The molecule has 4 nitrogen and oxygen atoms in total. The summed E-state index contributed by atoms with van der Waals surface area (Å²) in [5.41, 5.74) is 0. The molecule has 0 amide bonds. The molecule has 12 heavy (non-hydrogen) atoms. The smallest absolute Gasteiger partial charge is 0.147 e. The van der Waals surface area contributed by atoms with Crippen LogP contribution >= 0.6 is 15.9 Å². The molecule has 1 aromatic heterocycles. The van der Waals surface area contributed by atoms with Crippen LogP contribution < -0.4 is 4.90 Å². The average Bonchev–Trinajstić information content (AvgIpc) is 2.24. The molecule has 0 atom stereocenters. The molecule has 0 saturated carbocycles. The Kier molecular flexibility index (Phi) is 0.804. The predicted molar refractivity (Wildman–Crippen MR) is 48.0 cm³/mol. The van der Waals surface area contributed by atoms with Gasteiger partial charge in [0.1, 0.15) is 10.4 Å². The largest absolute Gasteiger partial charge is 0.389 e. The van der Waals surface area contributed by atoms with E-state index in [1.807, 2.05) is 0 Å². The number of rotatable bonds is 1. The maximum absolute atomic E-state index is 9.52. The number of aliphatic hydroxyl groups is 1. The van der Waals surface area contributed by atoms with Crippen molar-refractivity contribution < 1.29 is 14.7 Å². The van der Waals surface area contributed by atoms with Crippen molar-refractivity contribution in [2.75, 3.05) is 17.9 Å². The van der Waals surface area contributed by atoms with E-state index in [9.17, 15) is 5.11 Å². The van der Waals surface area contributed by atoms with Crippen LogP contribution in [-0.4, -0.2) is 34.1 Å². The van der Waals surface area contributed by atoms with Crippen molar-refractivity contribution in [3.8, 4) is 0 Å². The topological polar surface area (TPSA) is 49.2 Å². The van der Waals surface area contributed by atoms with Gasteiger partial charge in [0.15, 0.2) is 0 Å². The van der Waals surface area contributed by atoms with Crippen LogP contribution in [0.3, 0.4) is 0 Å². The molecule has 1 aliphatic rings. The first kappa shape index (κ1) is 3.23. The van der Waals surface area contributed by atoms with Crippen molar-refractivity contribution >= 4 is 21.7 Å². The zero-order chi connectivity index (χ0) is 14.8. The fourth-order valence-electron chi connectivity index (χ4n) is 0.666. The average molecular weight is 237 g/mol. The molecule has 1 aromatic rings. The number of anilines is 1. The van der Waals surface area contributed by atoms with E-state index in [1.165, 1.54) is 0 Å². The Labute approximate surface area is 88.2 Å². The monoisotopic (exact) mass is 236 g/mol. The maximum Gasteiger partial charge on any atom is 0.147 e. The highest BCUT2D eigenvalue weighted by Crippen LogP contribution is 2.17. The Bertz CT molecular complexity index is 534. The fraction of sp³-hybridized carbons (Fsp3) is 0.429. The molecular weight excluding hydrogens is 222 g/mol. The molecule has 0 aliphatic carbocycles. The van der Waals surface area contributed by atoms with Gasteiger partial charge in [-0.2, -0.15) is 0 Å². The maximum atomic E-state index is 9.52. The van der Waals surface area contributed by atoms with E-state index in [-0.39, 0.29) is 4.60 Å². The summed E-state index contributed by atoms with van der Waals surface area (Å²) in [6.07, 6.45) is -3.98. The van der Waals surface area contributed by atoms with E-state index in [1.54, 1.807) is 0 Å². The summed E-state index contributed by atoms with van der Waals surface area (Å²) >= 11 is 2.88. The Morgan fingerprint density at radius 1 is 1.75 bits per heavy atom. The predicted octanol–water partition coefficient (Wildman–Crippen LogP) is 0.420. The number of hydrogen-bond donors (Lipinski definition) is 1. The van der Waals surface area contributed by atoms with Crippen LogP contribution in [-0.2, 0) is 0 Å². The highest BCUT2D eigenvalue weighted by molar-refractivity contribution is 9.10. The standard InChI is InChI=1S/C7H8BrN3O/c8-6-1-10-7(2-9-6)11-3-5(12)4-11/h1-2,5,12H,3-4H2/i1D,2D,3D2,4D2,5D. The summed E-state index contributed by atoms with van der Waals surface area (Å²) in [4.78, 5) is 7.48. The van der Waals surface area contributed by atoms with Crippen LogP contribution in [0.4, 0.5) is 5.82 Å². The fourth-order valence-corrected chi connectivity index (χ4v) is 0.843. The summed E-state index contributed by atoms with van der Waals surface area (Å²) < 4.78 is 52.4. The van der Waals surface area contributed by atoms with Gasteiger partial charge < -0.3 is 10.0 Å². The van der Waals surface area contributed by atoms with Crippen molar-refractivity contribution in [1.29, 1.82) is 0 Å². The SMILES string of the molecule is [2H]c1nc(N2C([2H])([2H])C([2H])(O)C2([2H])[2H])c([2H])nc1Br. The summed E-state index contributed by atoms with van der Waals surface area (Å²) in [5, 5.41) is 9.52. The number of hydrogen-bond acceptors (Lipinski definition) is 4. The Morgan fingerprint density at radius 2 is 2.50 bits per heavy atom. The minimum Gasteiger partial charge on any atom is -0.389 e. The minimum absolute atomic E-state index is 0.0379. The van der Waals surface area contributed by atoms with Crippen molar-refractivity contribution in [2.45, 2.75) is 6.08 Å². The minimum atomic E-state index is -3.01. The van der Waals surface area contributed by atoms with Crippen molar-refractivity contribution in [1.82, 2.24) is 9.97 Å². The lowest BCUT2D eigenvalue weighted by Crippen LogP contribution is -2.51. The van der Waals surface area contributed by atoms with E-state index >= 15 is 0 Å². The summed E-state index contributed by atoms with van der Waals surface area (Å²) in [5.74, 6) is -0.542. The van der Waals surface area contributed by atoms with E-state index in [2.05, 4.69) is 25.9 Å². The molecule has 5 heteroatoms. The molecule has 1 saturated heterocycles. The molecule has 2 heterocycles. The van der Waals surface area contributed by atoms with Crippen LogP contribution in [0.15, 0.2) is 16.9 Å². The van der Waals surface area contributed by atoms with Crippen LogP contribution in [0.25, 0.3) is 0 Å². The van der Waals surface area contributed by atoms with Gasteiger partial charge >= 0.3 is 0 Å². The second-order valence-electron chi connectivity index (χ2n) is 1.97. The van der Waals surface area contributed by atoms with Gasteiger partial charge in [-0.3, -0.25) is 0 Å². The zero-order valence-corrected chi connectivity index (χ0v) is 7.25. The Morgan fingerprint density at radius 3 is 3.25 bits per heavy atom. The summed E-state index contributed by atoms with van der Waals surface area (Å²) in [6, 6.07) is 0. The van der Waals surface area contributed by atoms with Gasteiger partial charge in [0.2, 0.25) is 0 Å². The quantitative estimate of drug-likeness (QED) is 0.769. The molecule has 1 fully saturated rings. The van der Waals surface area contributed by atoms with E-state index < -0.39 is 37.2 Å². The Hall–Kier alpha value is -0.680. The molecular formula is C7H8BrN3O. The second-order valence-corrected chi connectivity index (χ2v) is 2.72. The first-order valence-corrected chi connectivity index (χ1v) is 3.77. The lowest BCUT2D eigenvalue weighted by molar-refractivity contribution is 0.141. The van der Waals surface area contributed by atoms with Crippen LogP contribution in [0.1, 0.15) is 9.60 Å². The lowest BCUT2D eigenvalue weighted by atomic mass is 10.2. The highest BCUT2D eigenvalue weighted by Gasteiger charge is 2.25. The molecule has 1 aliphatic heterocycles. The van der Waals surface area contributed by atoms with Gasteiger partial charge in [-0.15, -0.1) is 0 Å². The molecule has 1 N–H and O–H groups in total. The molecule has 0 unspecified atom stereocenters. The van der Waals surface area contributed by atoms with E-state index in [4.69, 9.17) is 9.60 Å². The normalized spacial score (nSPS) is 37.2. The molecule has 0 spiro atoms. The summed E-state index contributed by atoms with van der Waals surface area (Å²) in [7, 11) is 0. The van der Waals surface area contributed by atoms with Gasteiger partial charge in [-0.1, -0.05) is 0 Å². The van der Waals surface area contributed by atoms with Gasteiger partial charge in [0.05, 0.1) is 28.0 Å². The molecule has 64 valence electrons. The van der Waals surface area contributed by atoms with Crippen LogP contribution in [0, 0.1) is 0 Å². The van der Waals surface area contributed by atoms with Gasteiger partial charge in [0.25, 0.3) is 0 Å². The number of nitrogens with zero attached hydrogens (tertiary/aromatic N) is 3. The third-order valence-electron chi connectivity index (χ3n) is 1.16. The number of halogens is 1.